The fraction of sp³-hybridized carbons (Fsp3) is 0.0952. The molecule has 0 unspecified atom stereocenters. The summed E-state index contributed by atoms with van der Waals surface area (Å²) in [5.41, 5.74) is 2.17. The van der Waals surface area contributed by atoms with Crippen LogP contribution in [0.2, 0.25) is 0 Å². The quantitative estimate of drug-likeness (QED) is 0.401. The summed E-state index contributed by atoms with van der Waals surface area (Å²) < 4.78 is 11.8. The zero-order valence-corrected chi connectivity index (χ0v) is 16.4. The van der Waals surface area contributed by atoms with Crippen molar-refractivity contribution in [3.63, 3.8) is 0 Å². The number of rotatable bonds is 3. The second-order valence-electron chi connectivity index (χ2n) is 5.81. The molecule has 3 aromatic rings. The molecule has 7 heteroatoms. The van der Waals surface area contributed by atoms with Gasteiger partial charge in [0.1, 0.15) is 15.8 Å². The van der Waals surface area contributed by atoms with E-state index in [-0.39, 0.29) is 5.91 Å². The summed E-state index contributed by atoms with van der Waals surface area (Å²) in [7, 11) is 0. The van der Waals surface area contributed by atoms with Crippen LogP contribution in [-0.4, -0.2) is 21.8 Å². The van der Waals surface area contributed by atoms with Gasteiger partial charge < -0.3 is 14.5 Å². The Kier molecular flexibility index (Phi) is 5.15. The third-order valence-corrected chi connectivity index (χ3v) is 5.03. The molecular weight excluding hydrogens is 392 g/mol. The number of fused-ring (bicyclic) bond motifs is 1. The normalized spacial score (nSPS) is 14.8. The molecule has 1 fully saturated rings. The number of ether oxygens (including phenoxy) is 1. The van der Waals surface area contributed by atoms with Crippen molar-refractivity contribution in [2.75, 3.05) is 6.61 Å². The summed E-state index contributed by atoms with van der Waals surface area (Å²) in [5.74, 6) is 7.36. The zero-order valence-electron chi connectivity index (χ0n) is 14.8. The van der Waals surface area contributed by atoms with Gasteiger partial charge in [-0.1, -0.05) is 35.8 Å². The average molecular weight is 406 g/mol. The van der Waals surface area contributed by atoms with Crippen LogP contribution in [0.15, 0.2) is 52.0 Å². The van der Waals surface area contributed by atoms with Crippen molar-refractivity contribution in [1.82, 2.24) is 10.3 Å². The van der Waals surface area contributed by atoms with Crippen molar-refractivity contribution in [1.29, 1.82) is 0 Å². The lowest BCUT2D eigenvalue weighted by molar-refractivity contribution is -0.115. The number of benzene rings is 1. The Morgan fingerprint density at radius 1 is 1.29 bits per heavy atom. The van der Waals surface area contributed by atoms with Gasteiger partial charge in [0, 0.05) is 29.4 Å². The summed E-state index contributed by atoms with van der Waals surface area (Å²) in [6, 6.07) is 9.41. The van der Waals surface area contributed by atoms with Crippen LogP contribution in [0.5, 0.6) is 5.75 Å². The van der Waals surface area contributed by atoms with Gasteiger partial charge in [0.15, 0.2) is 5.58 Å². The van der Waals surface area contributed by atoms with Gasteiger partial charge in [0.2, 0.25) is 0 Å². The molecule has 0 spiro atoms. The number of thioether (sulfide) groups is 1. The molecular formula is C21H14N2O3S2. The highest BCUT2D eigenvalue weighted by atomic mass is 32.2. The minimum absolute atomic E-state index is 0.218. The molecule has 138 valence electrons. The largest absolute Gasteiger partial charge is 0.494 e. The SMILES string of the molecule is CCOc1ccc(C#Cc2cncc3cc(/C=C4/SC(=S)NC4=O)oc23)cc1. The van der Waals surface area contributed by atoms with E-state index >= 15 is 0 Å². The molecule has 28 heavy (non-hydrogen) atoms. The average Bonchev–Trinajstić information content (AvgIpc) is 3.24. The van der Waals surface area contributed by atoms with Crippen LogP contribution in [-0.2, 0) is 4.79 Å². The minimum atomic E-state index is -0.218. The number of pyridine rings is 1. The molecule has 5 nitrogen and oxygen atoms in total. The van der Waals surface area contributed by atoms with Crippen LogP contribution >= 0.6 is 24.0 Å². The number of hydrogen-bond donors (Lipinski definition) is 1. The van der Waals surface area contributed by atoms with Gasteiger partial charge in [-0.15, -0.1) is 0 Å². The fourth-order valence-electron chi connectivity index (χ4n) is 2.63. The van der Waals surface area contributed by atoms with Gasteiger partial charge in [0.25, 0.3) is 5.91 Å². The van der Waals surface area contributed by atoms with Gasteiger partial charge >= 0.3 is 0 Å². The fourth-order valence-corrected chi connectivity index (χ4v) is 3.66. The number of nitrogens with one attached hydrogen (secondary N) is 1. The highest BCUT2D eigenvalue weighted by Gasteiger charge is 2.22. The van der Waals surface area contributed by atoms with Gasteiger partial charge in [-0.3, -0.25) is 9.78 Å². The number of thiocarbonyl (C=S) groups is 1. The molecule has 0 aliphatic carbocycles. The first kappa shape index (κ1) is 18.3. The number of nitrogens with zero attached hydrogens (tertiary/aromatic N) is 1. The van der Waals surface area contributed by atoms with Gasteiger partial charge in [-0.05, 0) is 37.3 Å². The predicted molar refractivity (Wildman–Crippen MR) is 114 cm³/mol. The monoisotopic (exact) mass is 406 g/mol. The molecule has 3 heterocycles. The maximum absolute atomic E-state index is 11.8. The van der Waals surface area contributed by atoms with E-state index < -0.39 is 0 Å². The Hall–Kier alpha value is -3.08. The third kappa shape index (κ3) is 3.93. The van der Waals surface area contributed by atoms with Crippen LogP contribution in [0.3, 0.4) is 0 Å². The lowest BCUT2D eigenvalue weighted by atomic mass is 10.2. The smallest absolute Gasteiger partial charge is 0.263 e. The minimum Gasteiger partial charge on any atom is -0.494 e. The van der Waals surface area contributed by atoms with Crippen LogP contribution in [0, 0.1) is 11.8 Å². The van der Waals surface area contributed by atoms with Crippen LogP contribution in [0.1, 0.15) is 23.8 Å². The van der Waals surface area contributed by atoms with Crippen LogP contribution in [0.4, 0.5) is 0 Å². The van der Waals surface area contributed by atoms with E-state index in [2.05, 4.69) is 22.1 Å². The lowest BCUT2D eigenvalue weighted by Gasteiger charge is -2.01. The topological polar surface area (TPSA) is 64.4 Å². The lowest BCUT2D eigenvalue weighted by Crippen LogP contribution is -2.17. The Morgan fingerprint density at radius 3 is 2.82 bits per heavy atom. The molecule has 0 atom stereocenters. The van der Waals surface area contributed by atoms with Crippen molar-refractivity contribution >= 4 is 51.3 Å². The number of amides is 1. The number of furan rings is 1. The molecule has 1 aromatic carbocycles. The number of aromatic nitrogens is 1. The molecule has 0 bridgehead atoms. The zero-order chi connectivity index (χ0) is 19.5. The van der Waals surface area contributed by atoms with E-state index in [4.69, 9.17) is 21.4 Å². The molecule has 1 aliphatic heterocycles. The molecule has 1 N–H and O–H groups in total. The van der Waals surface area contributed by atoms with E-state index in [0.29, 0.717) is 32.7 Å². The van der Waals surface area contributed by atoms with E-state index in [1.807, 2.05) is 37.3 Å². The van der Waals surface area contributed by atoms with Crippen molar-refractivity contribution < 1.29 is 13.9 Å². The van der Waals surface area contributed by atoms with E-state index in [0.717, 1.165) is 16.7 Å². The molecule has 0 saturated carbocycles. The molecule has 1 amide bonds. The predicted octanol–water partition coefficient (Wildman–Crippen LogP) is 4.12. The summed E-state index contributed by atoms with van der Waals surface area (Å²) in [4.78, 5) is 16.5. The second kappa shape index (κ2) is 7.89. The third-order valence-electron chi connectivity index (χ3n) is 3.86. The van der Waals surface area contributed by atoms with Gasteiger partial charge in [-0.25, -0.2) is 0 Å². The van der Waals surface area contributed by atoms with Crippen molar-refractivity contribution in [3.05, 3.63) is 64.5 Å². The Bertz CT molecular complexity index is 1170. The maximum atomic E-state index is 11.8. The number of carbonyl (C=O) groups is 1. The van der Waals surface area contributed by atoms with Crippen molar-refractivity contribution in [2.24, 2.45) is 0 Å². The summed E-state index contributed by atoms with van der Waals surface area (Å²) in [6.07, 6.45) is 5.04. The molecule has 0 radical (unpaired) electrons. The van der Waals surface area contributed by atoms with E-state index in [1.54, 1.807) is 18.5 Å². The highest BCUT2D eigenvalue weighted by Crippen LogP contribution is 2.29. The summed E-state index contributed by atoms with van der Waals surface area (Å²) in [5, 5.41) is 3.40. The Morgan fingerprint density at radius 2 is 2.11 bits per heavy atom. The van der Waals surface area contributed by atoms with Crippen LogP contribution < -0.4 is 10.1 Å². The molecule has 1 aliphatic rings. The number of hydrogen-bond acceptors (Lipinski definition) is 6. The standard InChI is InChI=1S/C21H14N2O3S2/c1-2-25-16-7-4-13(5-8-16)3-6-14-11-22-12-15-9-17(26-19(14)15)10-18-20(24)23-21(27)28-18/h4-5,7-12H,2H2,1H3,(H,23,24,27)/b18-10+. The first-order chi connectivity index (χ1) is 13.6. The van der Waals surface area contributed by atoms with E-state index in [9.17, 15) is 4.79 Å². The number of carbonyl (C=O) groups excluding carboxylic acids is 1. The van der Waals surface area contributed by atoms with Crippen molar-refractivity contribution in [3.8, 4) is 17.6 Å². The molecule has 1 saturated heterocycles. The van der Waals surface area contributed by atoms with Crippen molar-refractivity contribution in [2.45, 2.75) is 6.92 Å². The van der Waals surface area contributed by atoms with Crippen LogP contribution in [0.25, 0.3) is 17.0 Å². The first-order valence-electron chi connectivity index (χ1n) is 8.49. The highest BCUT2D eigenvalue weighted by molar-refractivity contribution is 8.26. The Labute approximate surface area is 171 Å². The maximum Gasteiger partial charge on any atom is 0.263 e. The van der Waals surface area contributed by atoms with Gasteiger partial charge in [0.05, 0.1) is 17.1 Å². The summed E-state index contributed by atoms with van der Waals surface area (Å²) >= 11 is 6.21. The Balaban J connectivity index is 1.64. The second-order valence-corrected chi connectivity index (χ2v) is 7.53. The van der Waals surface area contributed by atoms with E-state index in [1.165, 1.54) is 11.8 Å². The summed E-state index contributed by atoms with van der Waals surface area (Å²) in [6.45, 7) is 2.57. The molecule has 4 rings (SSSR count). The first-order valence-corrected chi connectivity index (χ1v) is 9.72. The molecule has 2 aromatic heterocycles. The van der Waals surface area contributed by atoms with Gasteiger partial charge in [-0.2, -0.15) is 0 Å².